The summed E-state index contributed by atoms with van der Waals surface area (Å²) in [5, 5.41) is 22.6. The molecule has 0 aromatic heterocycles. The van der Waals surface area contributed by atoms with Crippen LogP contribution in [0.2, 0.25) is 20.1 Å². The molecular formula is C28H23BrCl4N2O4. The zero-order chi connectivity index (χ0) is 28.9. The van der Waals surface area contributed by atoms with Crippen molar-refractivity contribution in [1.29, 1.82) is 0 Å². The Labute approximate surface area is 254 Å². The number of carboxylic acids is 2. The van der Waals surface area contributed by atoms with Crippen LogP contribution in [0.3, 0.4) is 0 Å². The SMILES string of the molecule is Nc1cc(Cl)cc(Cl)c1.O=C(O)Cc1cccc(Br)c1.O=C(O)Cc1cccc(Nc2cc(Cl)cc(Cl)c2)c1. The predicted molar refractivity (Wildman–Crippen MR) is 164 cm³/mol. The minimum atomic E-state index is -0.858. The van der Waals surface area contributed by atoms with Gasteiger partial charge in [0.15, 0.2) is 0 Å². The van der Waals surface area contributed by atoms with Crippen molar-refractivity contribution in [3.05, 3.63) is 121 Å². The third kappa shape index (κ3) is 13.6. The fourth-order valence-corrected chi connectivity index (χ4v) is 4.64. The number of halogens is 5. The summed E-state index contributed by atoms with van der Waals surface area (Å²) in [6.07, 6.45) is 0.0747. The average Bonchev–Trinajstić information content (AvgIpc) is 2.78. The van der Waals surface area contributed by atoms with Crippen LogP contribution < -0.4 is 11.1 Å². The summed E-state index contributed by atoms with van der Waals surface area (Å²) in [7, 11) is 0. The Morgan fingerprint density at radius 1 is 0.667 bits per heavy atom. The van der Waals surface area contributed by atoms with Crippen LogP contribution in [0.1, 0.15) is 11.1 Å². The summed E-state index contributed by atoms with van der Waals surface area (Å²) in [5.74, 6) is -1.66. The Morgan fingerprint density at radius 2 is 1.13 bits per heavy atom. The van der Waals surface area contributed by atoms with Gasteiger partial charge in [-0.05, 0) is 71.8 Å². The van der Waals surface area contributed by atoms with Crippen molar-refractivity contribution in [2.75, 3.05) is 11.1 Å². The van der Waals surface area contributed by atoms with E-state index in [-0.39, 0.29) is 12.8 Å². The van der Waals surface area contributed by atoms with E-state index >= 15 is 0 Å². The first-order valence-corrected chi connectivity index (χ1v) is 13.4. The van der Waals surface area contributed by atoms with E-state index in [2.05, 4.69) is 21.2 Å². The number of aliphatic carboxylic acids is 2. The van der Waals surface area contributed by atoms with E-state index in [1.807, 2.05) is 18.2 Å². The monoisotopic (exact) mass is 670 g/mol. The van der Waals surface area contributed by atoms with Crippen LogP contribution in [0.5, 0.6) is 0 Å². The summed E-state index contributed by atoms with van der Waals surface area (Å²) in [5.41, 5.74) is 9.06. The van der Waals surface area contributed by atoms with Crippen LogP contribution in [0.4, 0.5) is 17.1 Å². The number of hydrogen-bond acceptors (Lipinski definition) is 4. The number of nitrogens with one attached hydrogen (secondary N) is 1. The first kappa shape index (κ1) is 32.3. The standard InChI is InChI=1S/C14H11Cl2NO2.C8H7BrO2.C6H5Cl2N/c15-10-6-11(16)8-13(7-10)17-12-3-1-2-9(4-12)5-14(18)19;9-7-3-1-2-6(4-7)5-8(10)11;7-4-1-5(8)3-6(9)2-4/h1-4,6-8,17H,5H2,(H,18,19);1-4H,5H2,(H,10,11);1-3H,9H2. The Hall–Kier alpha value is -2.94. The Kier molecular flexibility index (Phi) is 13.4. The predicted octanol–water partition coefficient (Wildman–Crippen LogP) is 9.02. The van der Waals surface area contributed by atoms with E-state index in [1.165, 1.54) is 0 Å². The molecule has 0 saturated heterocycles. The maximum atomic E-state index is 10.7. The highest BCUT2D eigenvalue weighted by Crippen LogP contribution is 2.25. The molecule has 5 N–H and O–H groups in total. The lowest BCUT2D eigenvalue weighted by molar-refractivity contribution is -0.137. The molecule has 0 unspecified atom stereocenters. The summed E-state index contributed by atoms with van der Waals surface area (Å²) >= 11 is 26.3. The summed E-state index contributed by atoms with van der Waals surface area (Å²) < 4.78 is 0.913. The minimum absolute atomic E-state index is 0.00811. The van der Waals surface area contributed by atoms with E-state index in [4.69, 9.17) is 62.4 Å². The zero-order valence-corrected chi connectivity index (χ0v) is 24.8. The van der Waals surface area contributed by atoms with Crippen LogP contribution in [-0.4, -0.2) is 22.2 Å². The lowest BCUT2D eigenvalue weighted by atomic mass is 10.1. The van der Waals surface area contributed by atoms with Gasteiger partial charge < -0.3 is 21.3 Å². The number of carboxylic acid groups (broad SMARTS) is 2. The van der Waals surface area contributed by atoms with Crippen LogP contribution in [-0.2, 0) is 22.4 Å². The Morgan fingerprint density at radius 3 is 1.59 bits per heavy atom. The normalized spacial score (nSPS) is 9.87. The second-order valence-electron chi connectivity index (χ2n) is 7.96. The number of hydrogen-bond donors (Lipinski definition) is 4. The molecule has 4 aromatic rings. The van der Waals surface area contributed by atoms with Gasteiger partial charge in [0.05, 0.1) is 12.8 Å². The molecule has 0 atom stereocenters. The van der Waals surface area contributed by atoms with Gasteiger partial charge in [0, 0.05) is 41.6 Å². The van der Waals surface area contributed by atoms with E-state index in [0.717, 1.165) is 27.0 Å². The summed E-state index contributed by atoms with van der Waals surface area (Å²) in [6.45, 7) is 0. The number of nitrogen functional groups attached to an aromatic ring is 1. The molecule has 0 aliphatic rings. The van der Waals surface area contributed by atoms with Crippen LogP contribution in [0, 0.1) is 0 Å². The highest BCUT2D eigenvalue weighted by molar-refractivity contribution is 9.10. The number of anilines is 3. The van der Waals surface area contributed by atoms with Crippen LogP contribution in [0.15, 0.2) is 89.4 Å². The third-order valence-electron chi connectivity index (χ3n) is 4.56. The largest absolute Gasteiger partial charge is 0.481 e. The molecule has 0 bridgehead atoms. The number of benzene rings is 4. The van der Waals surface area contributed by atoms with Crippen molar-refractivity contribution in [3.63, 3.8) is 0 Å². The maximum Gasteiger partial charge on any atom is 0.307 e. The quantitative estimate of drug-likeness (QED) is 0.152. The van der Waals surface area contributed by atoms with Gasteiger partial charge in [-0.1, -0.05) is 86.6 Å². The van der Waals surface area contributed by atoms with E-state index < -0.39 is 11.9 Å². The molecule has 11 heteroatoms. The average molecular weight is 673 g/mol. The molecule has 0 saturated carbocycles. The van der Waals surface area contributed by atoms with Crippen molar-refractivity contribution in [2.45, 2.75) is 12.8 Å². The summed E-state index contributed by atoms with van der Waals surface area (Å²) in [6, 6.07) is 24.5. The molecular weight excluding hydrogens is 650 g/mol. The fraction of sp³-hybridized carbons (Fsp3) is 0.0714. The minimum Gasteiger partial charge on any atom is -0.481 e. The molecule has 0 fully saturated rings. The molecule has 0 spiro atoms. The second kappa shape index (κ2) is 16.2. The van der Waals surface area contributed by atoms with E-state index in [0.29, 0.717) is 25.8 Å². The lowest BCUT2D eigenvalue weighted by Crippen LogP contribution is -2.00. The Bertz CT molecular complexity index is 1370. The highest BCUT2D eigenvalue weighted by atomic mass is 79.9. The van der Waals surface area contributed by atoms with Gasteiger partial charge in [0.2, 0.25) is 0 Å². The van der Waals surface area contributed by atoms with Gasteiger partial charge in [-0.25, -0.2) is 0 Å². The zero-order valence-electron chi connectivity index (χ0n) is 20.2. The molecule has 4 aromatic carbocycles. The van der Waals surface area contributed by atoms with Crippen molar-refractivity contribution in [2.24, 2.45) is 0 Å². The number of rotatable bonds is 6. The van der Waals surface area contributed by atoms with E-state index in [9.17, 15) is 9.59 Å². The molecule has 0 aliphatic carbocycles. The van der Waals surface area contributed by atoms with Crippen molar-refractivity contribution in [1.82, 2.24) is 0 Å². The van der Waals surface area contributed by atoms with Gasteiger partial charge in [-0.3, -0.25) is 9.59 Å². The van der Waals surface area contributed by atoms with Crippen molar-refractivity contribution in [3.8, 4) is 0 Å². The van der Waals surface area contributed by atoms with Gasteiger partial charge in [0.1, 0.15) is 0 Å². The van der Waals surface area contributed by atoms with Crippen LogP contribution in [0.25, 0.3) is 0 Å². The maximum absolute atomic E-state index is 10.7. The third-order valence-corrected chi connectivity index (χ3v) is 5.93. The summed E-state index contributed by atoms with van der Waals surface area (Å²) in [4.78, 5) is 20.9. The molecule has 0 radical (unpaired) electrons. The highest BCUT2D eigenvalue weighted by Gasteiger charge is 2.03. The first-order valence-electron chi connectivity index (χ1n) is 11.1. The molecule has 0 heterocycles. The second-order valence-corrected chi connectivity index (χ2v) is 10.6. The van der Waals surface area contributed by atoms with Crippen LogP contribution >= 0.6 is 62.3 Å². The smallest absolute Gasteiger partial charge is 0.307 e. The molecule has 0 amide bonds. The van der Waals surface area contributed by atoms with Gasteiger partial charge >= 0.3 is 11.9 Å². The van der Waals surface area contributed by atoms with Crippen molar-refractivity contribution < 1.29 is 19.8 Å². The Balaban J connectivity index is 0.000000226. The first-order chi connectivity index (χ1) is 18.4. The van der Waals surface area contributed by atoms with Gasteiger partial charge in [-0.15, -0.1) is 0 Å². The molecule has 0 aliphatic heterocycles. The molecule has 39 heavy (non-hydrogen) atoms. The molecule has 6 nitrogen and oxygen atoms in total. The van der Waals surface area contributed by atoms with Gasteiger partial charge in [0.25, 0.3) is 0 Å². The number of nitrogens with two attached hydrogens (primary N) is 1. The fourth-order valence-electron chi connectivity index (χ4n) is 3.12. The van der Waals surface area contributed by atoms with E-state index in [1.54, 1.807) is 66.7 Å². The topological polar surface area (TPSA) is 113 Å². The number of carbonyl (C=O) groups is 2. The lowest BCUT2D eigenvalue weighted by Gasteiger charge is -2.08. The van der Waals surface area contributed by atoms with Gasteiger partial charge in [-0.2, -0.15) is 0 Å². The molecule has 204 valence electrons. The van der Waals surface area contributed by atoms with Crippen molar-refractivity contribution >= 4 is 91.3 Å². The molecule has 4 rings (SSSR count).